The molecule has 0 unspecified atom stereocenters. The Hall–Kier alpha value is -1.54. The maximum atomic E-state index is 10.6. The molecular formula is C8H6N2O2S. The Kier molecular flexibility index (Phi) is 2.54. The van der Waals surface area contributed by atoms with E-state index in [0.717, 1.165) is 0 Å². The van der Waals surface area contributed by atoms with Gasteiger partial charge in [-0.25, -0.2) is 0 Å². The van der Waals surface area contributed by atoms with Gasteiger partial charge in [0.2, 0.25) is 0 Å². The van der Waals surface area contributed by atoms with Crippen molar-refractivity contribution >= 4 is 18.3 Å². The molecule has 1 aromatic carbocycles. The van der Waals surface area contributed by atoms with Crippen LogP contribution in [-0.4, -0.2) is 4.92 Å². The summed E-state index contributed by atoms with van der Waals surface area (Å²) in [4.78, 5) is 10.2. The number of thiol groups is 1. The van der Waals surface area contributed by atoms with E-state index in [9.17, 15) is 10.1 Å². The van der Waals surface area contributed by atoms with Gasteiger partial charge in [0.1, 0.15) is 11.0 Å². The Bertz CT molecular complexity index is 409. The molecule has 0 radical (unpaired) electrons. The van der Waals surface area contributed by atoms with Crippen molar-refractivity contribution in [3.8, 4) is 6.07 Å². The normalized spacial score (nSPS) is 9.31. The molecule has 66 valence electrons. The summed E-state index contributed by atoms with van der Waals surface area (Å²) in [6.45, 7) is 1.61. The highest BCUT2D eigenvalue weighted by atomic mass is 32.1. The first-order valence-electron chi connectivity index (χ1n) is 3.45. The van der Waals surface area contributed by atoms with Crippen LogP contribution in [0.5, 0.6) is 0 Å². The van der Waals surface area contributed by atoms with Gasteiger partial charge in [-0.1, -0.05) is 6.07 Å². The second-order valence-corrected chi connectivity index (χ2v) is 2.94. The maximum Gasteiger partial charge on any atom is 0.286 e. The number of benzene rings is 1. The Morgan fingerprint density at radius 1 is 1.62 bits per heavy atom. The second-order valence-electron chi connectivity index (χ2n) is 2.50. The van der Waals surface area contributed by atoms with Crippen molar-refractivity contribution in [2.24, 2.45) is 0 Å². The number of nitro groups is 1. The molecule has 0 aromatic heterocycles. The van der Waals surface area contributed by atoms with Gasteiger partial charge in [0.25, 0.3) is 5.69 Å². The van der Waals surface area contributed by atoms with E-state index >= 15 is 0 Å². The Balaban J connectivity index is 3.50. The van der Waals surface area contributed by atoms with E-state index in [1.807, 2.05) is 6.07 Å². The number of nitrogens with zero attached hydrogens (tertiary/aromatic N) is 2. The van der Waals surface area contributed by atoms with Crippen molar-refractivity contribution in [1.29, 1.82) is 5.26 Å². The smallest absolute Gasteiger partial charge is 0.258 e. The fourth-order valence-corrected chi connectivity index (χ4v) is 1.38. The Morgan fingerprint density at radius 2 is 2.23 bits per heavy atom. The quantitative estimate of drug-likeness (QED) is 0.422. The predicted octanol–water partition coefficient (Wildman–Crippen LogP) is 2.06. The van der Waals surface area contributed by atoms with Gasteiger partial charge in [0.05, 0.1) is 10.5 Å². The Labute approximate surface area is 80.4 Å². The van der Waals surface area contributed by atoms with Crippen LogP contribution in [0, 0.1) is 28.4 Å². The molecular weight excluding hydrogens is 188 g/mol. The first-order valence-corrected chi connectivity index (χ1v) is 3.89. The number of rotatable bonds is 1. The van der Waals surface area contributed by atoms with Crippen LogP contribution in [0.3, 0.4) is 0 Å². The molecule has 0 aliphatic heterocycles. The molecule has 0 atom stereocenters. The molecule has 1 aromatic rings. The minimum absolute atomic E-state index is 0.0950. The molecule has 0 bridgehead atoms. The summed E-state index contributed by atoms with van der Waals surface area (Å²) in [5.41, 5.74) is 0.636. The molecule has 0 fully saturated rings. The van der Waals surface area contributed by atoms with Crippen molar-refractivity contribution < 1.29 is 4.92 Å². The molecule has 5 heteroatoms. The van der Waals surface area contributed by atoms with Crippen LogP contribution >= 0.6 is 12.6 Å². The average molecular weight is 194 g/mol. The van der Waals surface area contributed by atoms with E-state index in [1.54, 1.807) is 6.92 Å². The fraction of sp³-hybridized carbons (Fsp3) is 0.125. The molecule has 0 heterocycles. The molecule has 0 spiro atoms. The van der Waals surface area contributed by atoms with Gasteiger partial charge < -0.3 is 0 Å². The van der Waals surface area contributed by atoms with Crippen LogP contribution in [-0.2, 0) is 0 Å². The van der Waals surface area contributed by atoms with Crippen LogP contribution in [0.15, 0.2) is 17.0 Å². The zero-order valence-corrected chi connectivity index (χ0v) is 7.71. The van der Waals surface area contributed by atoms with Crippen LogP contribution in [0.25, 0.3) is 0 Å². The molecule has 0 aliphatic rings. The van der Waals surface area contributed by atoms with Crippen molar-refractivity contribution in [1.82, 2.24) is 0 Å². The highest BCUT2D eigenvalue weighted by Crippen LogP contribution is 2.29. The van der Waals surface area contributed by atoms with E-state index in [4.69, 9.17) is 5.26 Å². The van der Waals surface area contributed by atoms with E-state index in [2.05, 4.69) is 12.6 Å². The number of hydrogen-bond acceptors (Lipinski definition) is 4. The van der Waals surface area contributed by atoms with Crippen molar-refractivity contribution in [3.63, 3.8) is 0 Å². The molecule has 0 N–H and O–H groups in total. The first kappa shape index (κ1) is 9.55. The summed E-state index contributed by atoms with van der Waals surface area (Å²) in [5, 5.41) is 19.2. The SMILES string of the molecule is Cc1ccc(C#N)c(S)c1[N+](=O)[O-]. The first-order chi connectivity index (χ1) is 6.07. The average Bonchev–Trinajstić information content (AvgIpc) is 2.04. The fourth-order valence-electron chi connectivity index (χ4n) is 1.00. The lowest BCUT2D eigenvalue weighted by atomic mass is 10.1. The lowest BCUT2D eigenvalue weighted by molar-refractivity contribution is -0.388. The highest BCUT2D eigenvalue weighted by Gasteiger charge is 2.17. The van der Waals surface area contributed by atoms with Gasteiger partial charge in [-0.05, 0) is 13.0 Å². The lowest BCUT2D eigenvalue weighted by Crippen LogP contribution is -1.95. The van der Waals surface area contributed by atoms with Crippen molar-refractivity contribution in [3.05, 3.63) is 33.4 Å². The number of nitro benzene ring substituents is 1. The molecule has 0 aliphatic carbocycles. The number of hydrogen-bond donors (Lipinski definition) is 1. The third kappa shape index (κ3) is 1.63. The van der Waals surface area contributed by atoms with E-state index in [-0.39, 0.29) is 16.1 Å². The van der Waals surface area contributed by atoms with Crippen LogP contribution in [0.2, 0.25) is 0 Å². The standard InChI is InChI=1S/C8H6N2O2S/c1-5-2-3-6(4-9)8(13)7(5)10(11)12/h2-3,13H,1H3. The summed E-state index contributed by atoms with van der Waals surface area (Å²) in [6.07, 6.45) is 0. The summed E-state index contributed by atoms with van der Waals surface area (Å²) in [7, 11) is 0. The van der Waals surface area contributed by atoms with Gasteiger partial charge in [-0.15, -0.1) is 12.6 Å². The summed E-state index contributed by atoms with van der Waals surface area (Å²) in [6, 6.07) is 4.89. The summed E-state index contributed by atoms with van der Waals surface area (Å²) >= 11 is 3.94. The summed E-state index contributed by atoms with van der Waals surface area (Å²) in [5.74, 6) is 0. The van der Waals surface area contributed by atoms with Gasteiger partial charge >= 0.3 is 0 Å². The highest BCUT2D eigenvalue weighted by molar-refractivity contribution is 7.80. The molecule has 1 rings (SSSR count). The molecule has 0 amide bonds. The van der Waals surface area contributed by atoms with E-state index < -0.39 is 4.92 Å². The Morgan fingerprint density at radius 3 is 2.69 bits per heavy atom. The van der Waals surface area contributed by atoms with Gasteiger partial charge in [0.15, 0.2) is 0 Å². The zero-order valence-electron chi connectivity index (χ0n) is 6.81. The number of nitriles is 1. The molecule has 0 saturated carbocycles. The van der Waals surface area contributed by atoms with Gasteiger partial charge in [-0.3, -0.25) is 10.1 Å². The third-order valence-electron chi connectivity index (χ3n) is 1.66. The van der Waals surface area contributed by atoms with Gasteiger partial charge in [-0.2, -0.15) is 5.26 Å². The largest absolute Gasteiger partial charge is 0.286 e. The molecule has 0 saturated heterocycles. The monoisotopic (exact) mass is 194 g/mol. The van der Waals surface area contributed by atoms with Gasteiger partial charge in [0, 0.05) is 5.56 Å². The molecule has 13 heavy (non-hydrogen) atoms. The number of aryl methyl sites for hydroxylation is 1. The third-order valence-corrected chi connectivity index (χ3v) is 2.11. The van der Waals surface area contributed by atoms with Crippen molar-refractivity contribution in [2.75, 3.05) is 0 Å². The summed E-state index contributed by atoms with van der Waals surface area (Å²) < 4.78 is 0. The van der Waals surface area contributed by atoms with E-state index in [1.165, 1.54) is 12.1 Å². The zero-order chi connectivity index (χ0) is 10.0. The maximum absolute atomic E-state index is 10.6. The second kappa shape index (κ2) is 3.46. The molecule has 4 nitrogen and oxygen atoms in total. The topological polar surface area (TPSA) is 66.9 Å². The van der Waals surface area contributed by atoms with Crippen LogP contribution in [0.1, 0.15) is 11.1 Å². The lowest BCUT2D eigenvalue weighted by Gasteiger charge is -2.00. The predicted molar refractivity (Wildman–Crippen MR) is 49.8 cm³/mol. The van der Waals surface area contributed by atoms with Crippen LogP contribution < -0.4 is 0 Å². The van der Waals surface area contributed by atoms with E-state index in [0.29, 0.717) is 5.56 Å². The van der Waals surface area contributed by atoms with Crippen molar-refractivity contribution in [2.45, 2.75) is 11.8 Å². The minimum atomic E-state index is -0.529. The van der Waals surface area contributed by atoms with Crippen LogP contribution in [0.4, 0.5) is 5.69 Å². The minimum Gasteiger partial charge on any atom is -0.258 e.